The summed E-state index contributed by atoms with van der Waals surface area (Å²) >= 11 is 0. The van der Waals surface area contributed by atoms with E-state index in [2.05, 4.69) is 22.7 Å². The fourth-order valence-corrected chi connectivity index (χ4v) is 1.52. The number of methoxy groups -OCH3 is 1. The van der Waals surface area contributed by atoms with Crippen LogP contribution in [0.15, 0.2) is 23.2 Å². The quantitative estimate of drug-likeness (QED) is 0.246. The number of nitrogens with zero attached hydrogens (tertiary/aromatic N) is 1. The number of nitrogens with two attached hydrogens (primary N) is 1. The van der Waals surface area contributed by atoms with E-state index in [4.69, 9.17) is 10.6 Å². The Morgan fingerprint density at radius 3 is 2.83 bits per heavy atom. The molecule has 0 unspecified atom stereocenters. The van der Waals surface area contributed by atoms with Crippen LogP contribution in [0.2, 0.25) is 0 Å². The Morgan fingerprint density at radius 2 is 2.22 bits per heavy atom. The van der Waals surface area contributed by atoms with Crippen molar-refractivity contribution in [3.8, 4) is 5.75 Å². The summed E-state index contributed by atoms with van der Waals surface area (Å²) < 4.78 is 5.29. The average Bonchev–Trinajstić information content (AvgIpc) is 2.38. The molecule has 0 heterocycles. The number of hydrogen-bond acceptors (Lipinski definition) is 3. The van der Waals surface area contributed by atoms with Crippen LogP contribution in [0.25, 0.3) is 0 Å². The molecule has 0 fully saturated rings. The van der Waals surface area contributed by atoms with Gasteiger partial charge in [-0.15, -0.1) is 0 Å². The minimum absolute atomic E-state index is 0.548. The number of nitrogens with one attached hydrogen (secondary N) is 2. The average molecular weight is 250 g/mol. The van der Waals surface area contributed by atoms with Crippen LogP contribution in [0.5, 0.6) is 5.75 Å². The van der Waals surface area contributed by atoms with Gasteiger partial charge in [0.15, 0.2) is 0 Å². The van der Waals surface area contributed by atoms with Crippen molar-refractivity contribution in [3.63, 3.8) is 0 Å². The van der Waals surface area contributed by atoms with Gasteiger partial charge in [0, 0.05) is 6.54 Å². The van der Waals surface area contributed by atoms with Crippen molar-refractivity contribution in [3.05, 3.63) is 23.8 Å². The van der Waals surface area contributed by atoms with Gasteiger partial charge in [0.2, 0.25) is 5.96 Å². The molecule has 0 spiro atoms. The van der Waals surface area contributed by atoms with E-state index in [-0.39, 0.29) is 0 Å². The zero-order chi connectivity index (χ0) is 13.4. The van der Waals surface area contributed by atoms with Gasteiger partial charge in [-0.05, 0) is 31.0 Å². The second-order valence-electron chi connectivity index (χ2n) is 4.06. The van der Waals surface area contributed by atoms with Crippen molar-refractivity contribution < 1.29 is 4.74 Å². The van der Waals surface area contributed by atoms with Crippen molar-refractivity contribution in [2.24, 2.45) is 10.8 Å². The van der Waals surface area contributed by atoms with Gasteiger partial charge in [-0.2, -0.15) is 0 Å². The highest BCUT2D eigenvalue weighted by Gasteiger charge is 2.05. The van der Waals surface area contributed by atoms with Crippen LogP contribution < -0.4 is 21.3 Å². The van der Waals surface area contributed by atoms with E-state index in [0.29, 0.717) is 5.96 Å². The van der Waals surface area contributed by atoms with Gasteiger partial charge in [0.05, 0.1) is 12.8 Å². The Labute approximate surface area is 108 Å². The lowest BCUT2D eigenvalue weighted by atomic mass is 10.2. The maximum atomic E-state index is 5.45. The van der Waals surface area contributed by atoms with Gasteiger partial charge in [0.25, 0.3) is 0 Å². The molecule has 18 heavy (non-hydrogen) atoms. The number of aliphatic imine (C=N–C) groups is 1. The lowest BCUT2D eigenvalue weighted by Gasteiger charge is -2.13. The molecule has 1 aromatic rings. The minimum Gasteiger partial charge on any atom is -0.495 e. The van der Waals surface area contributed by atoms with Gasteiger partial charge >= 0.3 is 0 Å². The van der Waals surface area contributed by atoms with Crippen molar-refractivity contribution in [1.29, 1.82) is 0 Å². The largest absolute Gasteiger partial charge is 0.495 e. The lowest BCUT2D eigenvalue weighted by Crippen LogP contribution is -2.36. The summed E-state index contributed by atoms with van der Waals surface area (Å²) in [6, 6.07) is 5.90. The van der Waals surface area contributed by atoms with Crippen LogP contribution in [-0.2, 0) is 0 Å². The summed E-state index contributed by atoms with van der Waals surface area (Å²) in [5, 5.41) is 3.14. The highest BCUT2D eigenvalue weighted by molar-refractivity contribution is 5.94. The van der Waals surface area contributed by atoms with Gasteiger partial charge in [-0.25, -0.2) is 5.84 Å². The molecular formula is C13H22N4O. The van der Waals surface area contributed by atoms with Crippen LogP contribution in [0.3, 0.4) is 0 Å². The molecule has 0 aliphatic carbocycles. The standard InChI is InChI=1S/C13H22N4O/c1-4-5-8-15-13(17-14)16-11-9-10(2)6-7-12(11)18-3/h6-7,9H,4-5,8,14H2,1-3H3,(H2,15,16,17). The van der Waals surface area contributed by atoms with E-state index in [1.807, 2.05) is 25.1 Å². The van der Waals surface area contributed by atoms with Gasteiger partial charge < -0.3 is 10.1 Å². The van der Waals surface area contributed by atoms with E-state index >= 15 is 0 Å². The predicted octanol–water partition coefficient (Wildman–Crippen LogP) is 2.03. The lowest BCUT2D eigenvalue weighted by molar-refractivity contribution is 0.417. The highest BCUT2D eigenvalue weighted by atomic mass is 16.5. The topological polar surface area (TPSA) is 71.7 Å². The fourth-order valence-electron chi connectivity index (χ4n) is 1.52. The van der Waals surface area contributed by atoms with Crippen LogP contribution in [-0.4, -0.2) is 19.6 Å². The molecule has 4 N–H and O–H groups in total. The Balaban J connectivity index is 2.80. The third-order valence-electron chi connectivity index (χ3n) is 2.53. The predicted molar refractivity (Wildman–Crippen MR) is 75.9 cm³/mol. The van der Waals surface area contributed by atoms with Crippen molar-refractivity contribution in [2.45, 2.75) is 26.7 Å². The molecule has 0 aliphatic heterocycles. The Morgan fingerprint density at radius 1 is 1.44 bits per heavy atom. The molecule has 0 saturated heterocycles. The number of unbranched alkanes of at least 4 members (excludes halogenated alkanes) is 1. The first-order chi connectivity index (χ1) is 8.71. The van der Waals surface area contributed by atoms with Gasteiger partial charge in [-0.1, -0.05) is 19.4 Å². The van der Waals surface area contributed by atoms with Crippen LogP contribution >= 0.6 is 0 Å². The number of hydrazine groups is 1. The molecule has 0 radical (unpaired) electrons. The Kier molecular flexibility index (Phi) is 6.00. The fraction of sp³-hybridized carbons (Fsp3) is 0.462. The van der Waals surface area contributed by atoms with E-state index in [0.717, 1.165) is 36.4 Å². The summed E-state index contributed by atoms with van der Waals surface area (Å²) in [5.41, 5.74) is 4.56. The first kappa shape index (κ1) is 14.3. The molecule has 5 heteroatoms. The zero-order valence-corrected chi connectivity index (χ0v) is 11.3. The number of guanidine groups is 1. The summed E-state index contributed by atoms with van der Waals surface area (Å²) in [6.45, 7) is 4.90. The molecule has 100 valence electrons. The van der Waals surface area contributed by atoms with E-state index in [1.54, 1.807) is 7.11 Å². The number of ether oxygens (including phenoxy) is 1. The maximum absolute atomic E-state index is 5.45. The van der Waals surface area contributed by atoms with Gasteiger partial charge in [-0.3, -0.25) is 10.4 Å². The third kappa shape index (κ3) is 4.25. The van der Waals surface area contributed by atoms with Crippen LogP contribution in [0, 0.1) is 6.92 Å². The number of rotatable bonds is 5. The monoisotopic (exact) mass is 250 g/mol. The molecule has 1 rings (SSSR count). The van der Waals surface area contributed by atoms with Crippen molar-refractivity contribution in [2.75, 3.05) is 19.0 Å². The Hall–Kier alpha value is -1.75. The summed E-state index contributed by atoms with van der Waals surface area (Å²) in [7, 11) is 1.64. The SMILES string of the molecule is CCCCN=C(NN)Nc1cc(C)ccc1OC. The molecular weight excluding hydrogens is 228 g/mol. The number of benzene rings is 1. The van der Waals surface area contributed by atoms with Crippen molar-refractivity contribution >= 4 is 11.6 Å². The number of anilines is 1. The smallest absolute Gasteiger partial charge is 0.210 e. The molecule has 5 nitrogen and oxygen atoms in total. The van der Waals surface area contributed by atoms with Crippen LogP contribution in [0.1, 0.15) is 25.3 Å². The molecule has 0 aromatic heterocycles. The summed E-state index contributed by atoms with van der Waals surface area (Å²) in [6.07, 6.45) is 2.15. The Bertz CT molecular complexity index is 404. The molecule has 0 bridgehead atoms. The zero-order valence-electron chi connectivity index (χ0n) is 11.3. The second-order valence-corrected chi connectivity index (χ2v) is 4.06. The summed E-state index contributed by atoms with van der Waals surface area (Å²) in [5.74, 6) is 6.76. The molecule has 1 aromatic carbocycles. The molecule has 0 saturated carbocycles. The normalized spacial score (nSPS) is 11.2. The molecule has 0 aliphatic rings. The van der Waals surface area contributed by atoms with E-state index in [9.17, 15) is 0 Å². The summed E-state index contributed by atoms with van der Waals surface area (Å²) in [4.78, 5) is 4.35. The highest BCUT2D eigenvalue weighted by Crippen LogP contribution is 2.24. The first-order valence-electron chi connectivity index (χ1n) is 6.14. The number of hydrogen-bond donors (Lipinski definition) is 3. The molecule has 0 amide bonds. The van der Waals surface area contributed by atoms with Crippen LogP contribution in [0.4, 0.5) is 5.69 Å². The second kappa shape index (κ2) is 7.55. The van der Waals surface area contributed by atoms with E-state index < -0.39 is 0 Å². The van der Waals surface area contributed by atoms with Crippen molar-refractivity contribution in [1.82, 2.24) is 5.43 Å². The minimum atomic E-state index is 0.548. The number of aryl methyl sites for hydroxylation is 1. The maximum Gasteiger partial charge on any atom is 0.210 e. The molecule has 0 atom stereocenters. The third-order valence-corrected chi connectivity index (χ3v) is 2.53. The van der Waals surface area contributed by atoms with Gasteiger partial charge in [0.1, 0.15) is 5.75 Å². The first-order valence-corrected chi connectivity index (χ1v) is 6.14. The van der Waals surface area contributed by atoms with E-state index in [1.165, 1.54) is 0 Å².